The van der Waals surface area contributed by atoms with E-state index in [1.54, 1.807) is 28.8 Å². The Hall–Kier alpha value is -4.58. The molecule has 5 aromatic rings. The molecule has 1 atom stereocenters. The van der Waals surface area contributed by atoms with Crippen molar-refractivity contribution in [2.45, 2.75) is 45.6 Å². The van der Waals surface area contributed by atoms with Crippen molar-refractivity contribution in [1.82, 2.24) is 14.5 Å². The number of hydrogen-bond acceptors (Lipinski definition) is 3. The van der Waals surface area contributed by atoms with E-state index in [1.807, 2.05) is 84.6 Å². The summed E-state index contributed by atoms with van der Waals surface area (Å²) in [5, 5.41) is 0.465. The highest BCUT2D eigenvalue weighted by atomic mass is 19.1. The van der Waals surface area contributed by atoms with Crippen LogP contribution in [0.4, 0.5) is 4.39 Å². The summed E-state index contributed by atoms with van der Waals surface area (Å²) in [6.07, 6.45) is 1.32. The van der Waals surface area contributed by atoms with Gasteiger partial charge in [0.05, 0.1) is 28.6 Å². The number of carbonyl (C=O) groups is 1. The lowest BCUT2D eigenvalue weighted by Crippen LogP contribution is -2.42. The third-order valence-electron chi connectivity index (χ3n) is 7.69. The average Bonchev–Trinajstić information content (AvgIpc) is 3.01. The Morgan fingerprint density at radius 2 is 1.40 bits per heavy atom. The Balaban J connectivity index is 1.72. The summed E-state index contributed by atoms with van der Waals surface area (Å²) in [4.78, 5) is 35.8. The van der Waals surface area contributed by atoms with Gasteiger partial charge in [0.1, 0.15) is 11.6 Å². The Bertz CT molecular complexity index is 1660. The topological polar surface area (TPSA) is 55.2 Å². The van der Waals surface area contributed by atoms with Crippen LogP contribution in [0.25, 0.3) is 16.6 Å². The van der Waals surface area contributed by atoms with Crippen LogP contribution in [0.3, 0.4) is 0 Å². The minimum absolute atomic E-state index is 0.0482. The van der Waals surface area contributed by atoms with Gasteiger partial charge < -0.3 is 4.90 Å². The highest BCUT2D eigenvalue weighted by Gasteiger charge is 2.34. The summed E-state index contributed by atoms with van der Waals surface area (Å²) in [5.74, 6) is -0.150. The van der Waals surface area contributed by atoms with E-state index in [0.717, 1.165) is 17.5 Å². The zero-order valence-corrected chi connectivity index (χ0v) is 24.3. The molecular weight excluding hydrogens is 525 g/mol. The molecule has 0 radical (unpaired) electrons. The molecule has 0 aliphatic carbocycles. The molecule has 42 heavy (non-hydrogen) atoms. The third kappa shape index (κ3) is 6.03. The second-order valence-corrected chi connectivity index (χ2v) is 11.0. The van der Waals surface area contributed by atoms with Gasteiger partial charge in [-0.2, -0.15) is 0 Å². The van der Waals surface area contributed by atoms with Crippen molar-refractivity contribution in [3.63, 3.8) is 0 Å². The van der Waals surface area contributed by atoms with Gasteiger partial charge >= 0.3 is 0 Å². The van der Waals surface area contributed by atoms with E-state index in [4.69, 9.17) is 4.98 Å². The molecule has 0 saturated carbocycles. The van der Waals surface area contributed by atoms with Crippen LogP contribution < -0.4 is 5.56 Å². The summed E-state index contributed by atoms with van der Waals surface area (Å²) >= 11 is 0. The Kier molecular flexibility index (Phi) is 8.91. The molecule has 0 N–H and O–H groups in total. The molecule has 0 aliphatic heterocycles. The molecule has 5 rings (SSSR count). The first kappa shape index (κ1) is 28.9. The van der Waals surface area contributed by atoms with Gasteiger partial charge in [0.25, 0.3) is 5.56 Å². The van der Waals surface area contributed by atoms with Gasteiger partial charge in [0.2, 0.25) is 5.91 Å². The molecule has 1 aromatic heterocycles. The summed E-state index contributed by atoms with van der Waals surface area (Å²) in [6, 6.07) is 32.2. The Morgan fingerprint density at radius 3 is 1.98 bits per heavy atom. The fourth-order valence-electron chi connectivity index (χ4n) is 5.51. The Morgan fingerprint density at radius 1 is 0.833 bits per heavy atom. The van der Waals surface area contributed by atoms with Crippen LogP contribution in [-0.2, 0) is 4.79 Å². The number of fused-ring (bicyclic) bond motifs is 1. The number of benzene rings is 4. The maximum absolute atomic E-state index is 14.8. The molecule has 0 spiro atoms. The first-order chi connectivity index (χ1) is 20.4. The summed E-state index contributed by atoms with van der Waals surface area (Å²) < 4.78 is 15.5. The summed E-state index contributed by atoms with van der Waals surface area (Å²) in [7, 11) is 0. The minimum atomic E-state index is -0.528. The van der Waals surface area contributed by atoms with Crippen molar-refractivity contribution in [3.8, 4) is 5.69 Å². The molecular formula is C36H36FN3O2. The number of carbonyl (C=O) groups excluding carboxylic acids is 1. The number of para-hydroxylation sites is 1. The van der Waals surface area contributed by atoms with Crippen molar-refractivity contribution in [2.24, 2.45) is 5.92 Å². The summed E-state index contributed by atoms with van der Waals surface area (Å²) in [6.45, 7) is 6.78. The quantitative estimate of drug-likeness (QED) is 0.176. The molecule has 1 amide bonds. The summed E-state index contributed by atoms with van der Waals surface area (Å²) in [5.41, 5.74) is 2.63. The van der Waals surface area contributed by atoms with Crippen LogP contribution in [0.15, 0.2) is 114 Å². The molecule has 0 bridgehead atoms. The third-order valence-corrected chi connectivity index (χ3v) is 7.69. The molecule has 0 saturated heterocycles. The lowest BCUT2D eigenvalue weighted by molar-refractivity contribution is -0.135. The number of hydrogen-bond donors (Lipinski definition) is 0. The van der Waals surface area contributed by atoms with Gasteiger partial charge in [-0.15, -0.1) is 0 Å². The van der Waals surface area contributed by atoms with Gasteiger partial charge in [-0.3, -0.25) is 14.2 Å². The standard InChI is InChI=1S/C36H36FN3O2/c1-4-32(34-38-31-18-12-11-17-30(31)35(41)40(34)29-21-19-28(37)20-22-29)39(24-23-25(2)3)36(42)33(26-13-7-5-8-14-26)27-15-9-6-10-16-27/h5-22,25,32-33H,4,23-24H2,1-3H3. The predicted molar refractivity (Wildman–Crippen MR) is 166 cm³/mol. The minimum Gasteiger partial charge on any atom is -0.332 e. The van der Waals surface area contributed by atoms with E-state index < -0.39 is 17.8 Å². The smallest absolute Gasteiger partial charge is 0.266 e. The lowest BCUT2D eigenvalue weighted by atomic mass is 9.89. The van der Waals surface area contributed by atoms with Crippen molar-refractivity contribution in [2.75, 3.05) is 6.54 Å². The Labute approximate surface area is 246 Å². The van der Waals surface area contributed by atoms with Gasteiger partial charge in [-0.25, -0.2) is 9.37 Å². The van der Waals surface area contributed by atoms with E-state index >= 15 is 0 Å². The van der Waals surface area contributed by atoms with Crippen molar-refractivity contribution in [3.05, 3.63) is 142 Å². The van der Waals surface area contributed by atoms with Crippen LogP contribution in [0.1, 0.15) is 62.5 Å². The predicted octanol–water partition coefficient (Wildman–Crippen LogP) is 7.68. The number of amides is 1. The largest absolute Gasteiger partial charge is 0.332 e. The van der Waals surface area contributed by atoms with E-state index in [1.165, 1.54) is 12.1 Å². The lowest BCUT2D eigenvalue weighted by Gasteiger charge is -2.35. The van der Waals surface area contributed by atoms with E-state index in [0.29, 0.717) is 41.3 Å². The SMILES string of the molecule is CCC(c1nc2ccccc2c(=O)n1-c1ccc(F)cc1)N(CCC(C)C)C(=O)C(c1ccccc1)c1ccccc1. The molecule has 0 aliphatic rings. The van der Waals surface area contributed by atoms with E-state index in [2.05, 4.69) is 13.8 Å². The fourth-order valence-corrected chi connectivity index (χ4v) is 5.51. The van der Waals surface area contributed by atoms with Crippen molar-refractivity contribution < 1.29 is 9.18 Å². The molecule has 0 fully saturated rings. The van der Waals surface area contributed by atoms with Crippen LogP contribution >= 0.6 is 0 Å². The second-order valence-electron chi connectivity index (χ2n) is 11.0. The van der Waals surface area contributed by atoms with E-state index in [9.17, 15) is 14.0 Å². The molecule has 1 heterocycles. The fraction of sp³-hybridized carbons (Fsp3) is 0.250. The monoisotopic (exact) mass is 561 g/mol. The second kappa shape index (κ2) is 12.9. The van der Waals surface area contributed by atoms with Crippen LogP contribution in [0, 0.1) is 11.7 Å². The van der Waals surface area contributed by atoms with Gasteiger partial charge in [-0.1, -0.05) is 93.6 Å². The number of nitrogens with zero attached hydrogens (tertiary/aromatic N) is 3. The zero-order chi connectivity index (χ0) is 29.6. The number of rotatable bonds is 10. The maximum atomic E-state index is 14.8. The van der Waals surface area contributed by atoms with Gasteiger partial charge in [-0.05, 0) is 66.3 Å². The van der Waals surface area contributed by atoms with Crippen molar-refractivity contribution in [1.29, 1.82) is 0 Å². The number of halogens is 1. The molecule has 5 nitrogen and oxygen atoms in total. The van der Waals surface area contributed by atoms with E-state index in [-0.39, 0.29) is 11.5 Å². The van der Waals surface area contributed by atoms with Crippen LogP contribution in [0.2, 0.25) is 0 Å². The number of aromatic nitrogens is 2. The first-order valence-corrected chi connectivity index (χ1v) is 14.6. The zero-order valence-electron chi connectivity index (χ0n) is 24.3. The van der Waals surface area contributed by atoms with Crippen molar-refractivity contribution >= 4 is 16.8 Å². The molecule has 6 heteroatoms. The normalized spacial score (nSPS) is 12.1. The van der Waals surface area contributed by atoms with Gasteiger partial charge in [0.15, 0.2) is 0 Å². The van der Waals surface area contributed by atoms with Crippen LogP contribution in [-0.4, -0.2) is 26.9 Å². The molecule has 214 valence electrons. The molecule has 4 aromatic carbocycles. The van der Waals surface area contributed by atoms with Crippen LogP contribution in [0.5, 0.6) is 0 Å². The van der Waals surface area contributed by atoms with Gasteiger partial charge in [0, 0.05) is 6.54 Å². The highest BCUT2D eigenvalue weighted by molar-refractivity contribution is 5.87. The first-order valence-electron chi connectivity index (χ1n) is 14.6. The maximum Gasteiger partial charge on any atom is 0.266 e. The average molecular weight is 562 g/mol. The molecule has 1 unspecified atom stereocenters. The highest BCUT2D eigenvalue weighted by Crippen LogP contribution is 2.33.